The monoisotopic (exact) mass is 493 g/mol. The molecule has 6 heteroatoms. The number of ketones is 2. The lowest BCUT2D eigenvalue weighted by atomic mass is 9.97. The zero-order chi connectivity index (χ0) is 23.1. The number of rotatable bonds is 9. The van der Waals surface area contributed by atoms with Gasteiger partial charge >= 0.3 is 0 Å². The first-order chi connectivity index (χ1) is 15.4. The van der Waals surface area contributed by atoms with E-state index < -0.39 is 0 Å². The Morgan fingerprint density at radius 2 is 1.59 bits per heavy atom. The average Bonchev–Trinajstić information content (AvgIpc) is 2.83. The van der Waals surface area contributed by atoms with E-state index in [-0.39, 0.29) is 36.1 Å². The van der Waals surface area contributed by atoms with Gasteiger partial charge in [-0.3, -0.25) is 14.4 Å². The van der Waals surface area contributed by atoms with Crippen LogP contribution in [0.4, 0.5) is 0 Å². The van der Waals surface area contributed by atoms with Crippen molar-refractivity contribution in [3.63, 3.8) is 0 Å². The molecule has 0 saturated heterocycles. The highest BCUT2D eigenvalue weighted by molar-refractivity contribution is 9.10. The third-order valence-electron chi connectivity index (χ3n) is 5.07. The average molecular weight is 494 g/mol. The van der Waals surface area contributed by atoms with Crippen LogP contribution < -0.4 is 4.74 Å². The van der Waals surface area contributed by atoms with Crippen LogP contribution in [0.5, 0.6) is 5.75 Å². The largest absolute Gasteiger partial charge is 0.497 e. The first-order valence-corrected chi connectivity index (χ1v) is 11.1. The minimum Gasteiger partial charge on any atom is -0.497 e. The fraction of sp³-hybridized carbons (Fsp3) is 0.192. The Balaban J connectivity index is 1.97. The van der Waals surface area contributed by atoms with Crippen LogP contribution in [0.25, 0.3) is 0 Å². The van der Waals surface area contributed by atoms with Crippen molar-refractivity contribution in [2.45, 2.75) is 19.9 Å². The second kappa shape index (κ2) is 10.9. The summed E-state index contributed by atoms with van der Waals surface area (Å²) in [5.74, 6) is 0.0377. The van der Waals surface area contributed by atoms with Crippen molar-refractivity contribution in [1.82, 2.24) is 4.90 Å². The molecule has 5 nitrogen and oxygen atoms in total. The summed E-state index contributed by atoms with van der Waals surface area (Å²) >= 11 is 3.40. The van der Waals surface area contributed by atoms with Crippen LogP contribution in [0.3, 0.4) is 0 Å². The van der Waals surface area contributed by atoms with Crippen molar-refractivity contribution in [2.75, 3.05) is 13.7 Å². The molecule has 0 aliphatic heterocycles. The predicted molar refractivity (Wildman–Crippen MR) is 127 cm³/mol. The van der Waals surface area contributed by atoms with Gasteiger partial charge in [0.05, 0.1) is 19.2 Å². The van der Waals surface area contributed by atoms with Crippen molar-refractivity contribution in [3.05, 3.63) is 99.5 Å². The molecule has 0 bridgehead atoms. The molecule has 0 aliphatic carbocycles. The summed E-state index contributed by atoms with van der Waals surface area (Å²) in [7, 11) is 1.59. The maximum atomic E-state index is 13.6. The van der Waals surface area contributed by atoms with Crippen molar-refractivity contribution in [2.24, 2.45) is 0 Å². The molecule has 0 spiro atoms. The topological polar surface area (TPSA) is 63.7 Å². The zero-order valence-corrected chi connectivity index (χ0v) is 19.6. The standard InChI is InChI=1S/C26H24BrNO4/c1-3-21(29)17-28(16-18-9-12-22(32-2)13-10-18)26(31)23-14-11-20(27)15-24(23)25(30)19-7-5-4-6-8-19/h4-15H,3,16-17H2,1-2H3. The molecule has 0 radical (unpaired) electrons. The number of carbonyl (C=O) groups is 3. The molecule has 0 saturated carbocycles. The summed E-state index contributed by atoms with van der Waals surface area (Å²) < 4.78 is 5.89. The molecule has 3 rings (SSSR count). The number of benzene rings is 3. The van der Waals surface area contributed by atoms with E-state index in [4.69, 9.17) is 4.74 Å². The van der Waals surface area contributed by atoms with Gasteiger partial charge in [-0.2, -0.15) is 0 Å². The maximum Gasteiger partial charge on any atom is 0.255 e. The summed E-state index contributed by atoms with van der Waals surface area (Å²) in [6, 6.07) is 21.1. The maximum absolute atomic E-state index is 13.6. The van der Waals surface area contributed by atoms with Crippen molar-refractivity contribution in [1.29, 1.82) is 0 Å². The van der Waals surface area contributed by atoms with Crippen molar-refractivity contribution >= 4 is 33.4 Å². The smallest absolute Gasteiger partial charge is 0.255 e. The molecule has 0 aliphatic rings. The Hall–Kier alpha value is -3.25. The van der Waals surface area contributed by atoms with Gasteiger partial charge in [-0.05, 0) is 35.9 Å². The number of Topliss-reactive ketones (excluding diaryl/α,β-unsaturated/α-hetero) is 1. The van der Waals surface area contributed by atoms with Crippen molar-refractivity contribution < 1.29 is 19.1 Å². The number of carbonyl (C=O) groups excluding carboxylic acids is 3. The summed E-state index contributed by atoms with van der Waals surface area (Å²) in [4.78, 5) is 40.5. The van der Waals surface area contributed by atoms with Gasteiger partial charge in [-0.25, -0.2) is 0 Å². The highest BCUT2D eigenvalue weighted by atomic mass is 79.9. The van der Waals surface area contributed by atoms with Gasteiger partial charge in [0, 0.05) is 28.6 Å². The first kappa shape index (κ1) is 23.4. The lowest BCUT2D eigenvalue weighted by Gasteiger charge is -2.23. The normalized spacial score (nSPS) is 10.5. The van der Waals surface area contributed by atoms with Crippen LogP contribution in [0.15, 0.2) is 77.3 Å². The molecule has 0 heterocycles. The fourth-order valence-electron chi connectivity index (χ4n) is 3.28. The van der Waals surface area contributed by atoms with Gasteiger partial charge in [-0.15, -0.1) is 0 Å². The van der Waals surface area contributed by atoms with Gasteiger partial charge in [0.25, 0.3) is 5.91 Å². The van der Waals surface area contributed by atoms with Crippen LogP contribution in [0, 0.1) is 0 Å². The van der Waals surface area contributed by atoms with E-state index in [1.54, 1.807) is 56.5 Å². The van der Waals surface area contributed by atoms with Crippen LogP contribution in [-0.4, -0.2) is 36.0 Å². The van der Waals surface area contributed by atoms with Crippen LogP contribution in [0.1, 0.15) is 45.2 Å². The molecule has 0 unspecified atom stereocenters. The Kier molecular flexibility index (Phi) is 7.95. The van der Waals surface area contributed by atoms with E-state index in [0.717, 1.165) is 5.56 Å². The number of amides is 1. The molecule has 3 aromatic carbocycles. The summed E-state index contributed by atoms with van der Waals surface area (Å²) in [5, 5.41) is 0. The molecule has 32 heavy (non-hydrogen) atoms. The lowest BCUT2D eigenvalue weighted by Crippen LogP contribution is -2.36. The van der Waals surface area contributed by atoms with Gasteiger partial charge in [-0.1, -0.05) is 65.3 Å². The number of halogens is 1. The highest BCUT2D eigenvalue weighted by Gasteiger charge is 2.24. The Bertz CT molecular complexity index is 1110. The first-order valence-electron chi connectivity index (χ1n) is 10.3. The van der Waals surface area contributed by atoms with Crippen LogP contribution >= 0.6 is 15.9 Å². The summed E-state index contributed by atoms with van der Waals surface area (Å²) in [6.45, 7) is 1.97. The highest BCUT2D eigenvalue weighted by Crippen LogP contribution is 2.23. The molecular formula is C26H24BrNO4. The molecule has 0 aromatic heterocycles. The summed E-state index contributed by atoms with van der Waals surface area (Å²) in [6.07, 6.45) is 0.322. The molecule has 0 fully saturated rings. The number of hydrogen-bond donors (Lipinski definition) is 0. The molecule has 3 aromatic rings. The minimum atomic E-state index is -0.366. The number of ether oxygens (including phenoxy) is 1. The predicted octanol–water partition coefficient (Wildman–Crippen LogP) is 5.31. The van der Waals surface area contributed by atoms with E-state index >= 15 is 0 Å². The van der Waals surface area contributed by atoms with Gasteiger partial charge in [0.15, 0.2) is 11.6 Å². The fourth-order valence-corrected chi connectivity index (χ4v) is 3.64. The lowest BCUT2D eigenvalue weighted by molar-refractivity contribution is -0.119. The molecular weight excluding hydrogens is 470 g/mol. The minimum absolute atomic E-state index is 0.0314. The number of methoxy groups -OCH3 is 1. The quantitative estimate of drug-likeness (QED) is 0.379. The van der Waals surface area contributed by atoms with Crippen molar-refractivity contribution in [3.8, 4) is 5.75 Å². The SMILES string of the molecule is CCC(=O)CN(Cc1ccc(OC)cc1)C(=O)c1ccc(Br)cc1C(=O)c1ccccc1. The Morgan fingerprint density at radius 3 is 2.22 bits per heavy atom. The Morgan fingerprint density at radius 1 is 0.906 bits per heavy atom. The third kappa shape index (κ3) is 5.71. The number of nitrogens with zero attached hydrogens (tertiary/aromatic N) is 1. The second-order valence-corrected chi connectivity index (χ2v) is 8.20. The van der Waals surface area contributed by atoms with E-state index in [0.29, 0.717) is 27.8 Å². The summed E-state index contributed by atoms with van der Waals surface area (Å²) in [5.41, 5.74) is 1.90. The Labute approximate surface area is 196 Å². The molecule has 164 valence electrons. The third-order valence-corrected chi connectivity index (χ3v) is 5.57. The van der Waals surface area contributed by atoms with Gasteiger partial charge in [0.1, 0.15) is 5.75 Å². The molecule has 0 N–H and O–H groups in total. The van der Waals surface area contributed by atoms with Crippen LogP contribution in [-0.2, 0) is 11.3 Å². The molecule has 1 amide bonds. The van der Waals surface area contributed by atoms with E-state index in [1.165, 1.54) is 4.90 Å². The zero-order valence-electron chi connectivity index (χ0n) is 18.0. The van der Waals surface area contributed by atoms with E-state index in [2.05, 4.69) is 15.9 Å². The number of hydrogen-bond acceptors (Lipinski definition) is 4. The van der Waals surface area contributed by atoms with E-state index in [9.17, 15) is 14.4 Å². The van der Waals surface area contributed by atoms with Crippen LogP contribution in [0.2, 0.25) is 0 Å². The molecule has 0 atom stereocenters. The van der Waals surface area contributed by atoms with E-state index in [1.807, 2.05) is 30.3 Å². The van der Waals surface area contributed by atoms with Gasteiger partial charge < -0.3 is 9.64 Å². The second-order valence-electron chi connectivity index (χ2n) is 7.29. The van der Waals surface area contributed by atoms with Gasteiger partial charge in [0.2, 0.25) is 0 Å².